The molecule has 1 N–H and O–H groups in total. The van der Waals surface area contributed by atoms with Crippen molar-refractivity contribution in [1.82, 2.24) is 4.90 Å². The van der Waals surface area contributed by atoms with Gasteiger partial charge in [-0.05, 0) is 52.3 Å². The van der Waals surface area contributed by atoms with Gasteiger partial charge in [-0.15, -0.1) is 0 Å². The van der Waals surface area contributed by atoms with E-state index in [4.69, 9.17) is 5.26 Å². The summed E-state index contributed by atoms with van der Waals surface area (Å²) < 4.78 is 0. The molecule has 1 heterocycles. The van der Waals surface area contributed by atoms with E-state index < -0.39 is 6.09 Å². The minimum absolute atomic E-state index is 0.416. The molecule has 0 atom stereocenters. The molecule has 23 heavy (non-hydrogen) atoms. The molecule has 5 heteroatoms. The number of fused-ring (bicyclic) bond motifs is 1. The Morgan fingerprint density at radius 1 is 1.30 bits per heavy atom. The van der Waals surface area contributed by atoms with E-state index in [0.717, 1.165) is 28.0 Å². The lowest BCUT2D eigenvalue weighted by Crippen LogP contribution is -2.22. The van der Waals surface area contributed by atoms with Crippen LogP contribution in [-0.2, 0) is 18.8 Å². The molecule has 1 amide bonds. The third-order valence-corrected chi connectivity index (χ3v) is 4.64. The summed E-state index contributed by atoms with van der Waals surface area (Å²) in [6.07, 6.45) is 1.16. The van der Waals surface area contributed by atoms with Crippen molar-refractivity contribution in [1.29, 1.82) is 5.26 Å². The van der Waals surface area contributed by atoms with Crippen molar-refractivity contribution < 1.29 is 9.90 Å². The van der Waals surface area contributed by atoms with Gasteiger partial charge in [-0.1, -0.05) is 18.2 Å². The highest BCUT2D eigenvalue weighted by Crippen LogP contribution is 2.35. The first kappa shape index (κ1) is 15.4. The van der Waals surface area contributed by atoms with Crippen molar-refractivity contribution in [3.05, 3.63) is 58.7 Å². The number of nitrogens with zero attached hydrogens (tertiary/aromatic N) is 2. The van der Waals surface area contributed by atoms with E-state index in [9.17, 15) is 9.90 Å². The van der Waals surface area contributed by atoms with E-state index in [1.54, 1.807) is 23.9 Å². The van der Waals surface area contributed by atoms with E-state index >= 15 is 0 Å². The summed E-state index contributed by atoms with van der Waals surface area (Å²) in [5, 5.41) is 18.2. The van der Waals surface area contributed by atoms with E-state index in [0.29, 0.717) is 18.7 Å². The second-order valence-corrected chi connectivity index (χ2v) is 6.41. The van der Waals surface area contributed by atoms with E-state index in [-0.39, 0.29) is 0 Å². The number of hydrogen-bond donors (Lipinski definition) is 1. The number of nitriles is 1. The van der Waals surface area contributed by atoms with Crippen LogP contribution in [0.1, 0.15) is 22.3 Å². The smallest absolute Gasteiger partial charge is 0.407 e. The molecule has 0 saturated carbocycles. The Balaban J connectivity index is 2.08. The summed E-state index contributed by atoms with van der Waals surface area (Å²) in [7, 11) is 0. The van der Waals surface area contributed by atoms with Crippen molar-refractivity contribution in [3.63, 3.8) is 0 Å². The van der Waals surface area contributed by atoms with Gasteiger partial charge in [0.2, 0.25) is 0 Å². The first-order chi connectivity index (χ1) is 11.1. The highest BCUT2D eigenvalue weighted by atomic mass is 32.2. The van der Waals surface area contributed by atoms with Crippen molar-refractivity contribution in [2.24, 2.45) is 0 Å². The van der Waals surface area contributed by atoms with Gasteiger partial charge >= 0.3 is 6.09 Å². The van der Waals surface area contributed by atoms with Gasteiger partial charge < -0.3 is 5.11 Å². The Labute approximate surface area is 139 Å². The van der Waals surface area contributed by atoms with E-state index in [1.807, 2.05) is 12.1 Å². The highest BCUT2D eigenvalue weighted by molar-refractivity contribution is 7.97. The zero-order valence-electron chi connectivity index (χ0n) is 12.7. The number of amides is 1. The van der Waals surface area contributed by atoms with Crippen LogP contribution in [0, 0.1) is 11.3 Å². The lowest BCUT2D eigenvalue weighted by molar-refractivity contribution is 0.145. The van der Waals surface area contributed by atoms with Crippen LogP contribution in [0.2, 0.25) is 0 Å². The van der Waals surface area contributed by atoms with Gasteiger partial charge in [-0.3, -0.25) is 4.90 Å². The summed E-state index contributed by atoms with van der Waals surface area (Å²) in [6, 6.07) is 13.8. The molecule has 0 aliphatic carbocycles. The lowest BCUT2D eigenvalue weighted by atomic mass is 9.94. The fourth-order valence-corrected chi connectivity index (χ4v) is 3.45. The number of thioether (sulfide) groups is 1. The molecule has 4 nitrogen and oxygen atoms in total. The zero-order chi connectivity index (χ0) is 16.4. The number of carbonyl (C=O) groups is 1. The summed E-state index contributed by atoms with van der Waals surface area (Å²) in [4.78, 5) is 12.7. The third kappa shape index (κ3) is 3.03. The molecule has 0 saturated heterocycles. The van der Waals surface area contributed by atoms with Gasteiger partial charge in [0.1, 0.15) is 0 Å². The maximum Gasteiger partial charge on any atom is 0.407 e. The minimum Gasteiger partial charge on any atom is -0.465 e. The molecular formula is C18H16N2O2S. The molecule has 2 aromatic rings. The molecule has 116 valence electrons. The normalized spacial score (nSPS) is 12.8. The highest BCUT2D eigenvalue weighted by Gasteiger charge is 2.26. The molecule has 1 aliphatic heterocycles. The Morgan fingerprint density at radius 2 is 2.04 bits per heavy atom. The maximum absolute atomic E-state index is 11.3. The Kier molecular flexibility index (Phi) is 4.26. The lowest BCUT2D eigenvalue weighted by Gasteiger charge is -2.12. The predicted octanol–water partition coefficient (Wildman–Crippen LogP) is 4.08. The molecule has 0 spiro atoms. The van der Waals surface area contributed by atoms with Crippen LogP contribution in [0.3, 0.4) is 0 Å². The fraction of sp³-hybridized carbons (Fsp3) is 0.222. The number of carboxylic acid groups (broad SMARTS) is 1. The average molecular weight is 324 g/mol. The minimum atomic E-state index is -0.890. The van der Waals surface area contributed by atoms with Crippen LogP contribution in [0.25, 0.3) is 11.1 Å². The third-order valence-electron chi connectivity index (χ3n) is 4.02. The van der Waals surface area contributed by atoms with Crippen molar-refractivity contribution >= 4 is 17.9 Å². The number of hydrogen-bond acceptors (Lipinski definition) is 3. The van der Waals surface area contributed by atoms with Crippen LogP contribution in [0.15, 0.2) is 36.4 Å². The first-order valence-electron chi connectivity index (χ1n) is 7.24. The molecule has 0 radical (unpaired) electrons. The Bertz CT molecular complexity index is 794. The van der Waals surface area contributed by atoms with Crippen LogP contribution < -0.4 is 0 Å². The number of benzene rings is 2. The van der Waals surface area contributed by atoms with E-state index in [1.165, 1.54) is 10.5 Å². The molecule has 2 aromatic carbocycles. The molecule has 0 aromatic heterocycles. The topological polar surface area (TPSA) is 64.3 Å². The van der Waals surface area contributed by atoms with Crippen LogP contribution in [0.5, 0.6) is 0 Å². The summed E-state index contributed by atoms with van der Waals surface area (Å²) >= 11 is 1.74. The van der Waals surface area contributed by atoms with Crippen LogP contribution in [-0.4, -0.2) is 22.4 Å². The zero-order valence-corrected chi connectivity index (χ0v) is 13.6. The summed E-state index contributed by atoms with van der Waals surface area (Å²) in [6.45, 7) is 0.857. The average Bonchev–Trinajstić information content (AvgIpc) is 2.99. The SMILES string of the molecule is CSCc1cc2c(c(-c3ccc(C#N)cc3)c1)CN(C(=O)O)C2. The fourth-order valence-electron chi connectivity index (χ4n) is 2.95. The van der Waals surface area contributed by atoms with Crippen molar-refractivity contribution in [3.8, 4) is 17.2 Å². The molecule has 3 rings (SSSR count). The second-order valence-electron chi connectivity index (χ2n) is 5.54. The molecule has 1 aliphatic rings. The monoisotopic (exact) mass is 324 g/mol. The van der Waals surface area contributed by atoms with Gasteiger partial charge in [0, 0.05) is 12.3 Å². The van der Waals surface area contributed by atoms with E-state index in [2.05, 4.69) is 24.5 Å². The maximum atomic E-state index is 11.3. The quantitative estimate of drug-likeness (QED) is 0.924. The molecule has 0 fully saturated rings. The van der Waals surface area contributed by atoms with Crippen LogP contribution in [0.4, 0.5) is 4.79 Å². The molecule has 0 bridgehead atoms. The van der Waals surface area contributed by atoms with Crippen molar-refractivity contribution in [2.75, 3.05) is 6.26 Å². The second kappa shape index (κ2) is 6.35. The number of rotatable bonds is 3. The molecular weight excluding hydrogens is 308 g/mol. The van der Waals surface area contributed by atoms with Gasteiger partial charge in [0.05, 0.1) is 18.2 Å². The molecule has 0 unspecified atom stereocenters. The summed E-state index contributed by atoms with van der Waals surface area (Å²) in [5.41, 5.74) is 6.07. The van der Waals surface area contributed by atoms with Gasteiger partial charge in [-0.25, -0.2) is 4.79 Å². The van der Waals surface area contributed by atoms with Gasteiger partial charge in [0.15, 0.2) is 0 Å². The van der Waals surface area contributed by atoms with Gasteiger partial charge in [-0.2, -0.15) is 17.0 Å². The van der Waals surface area contributed by atoms with Gasteiger partial charge in [0.25, 0.3) is 0 Å². The summed E-state index contributed by atoms with van der Waals surface area (Å²) in [5.74, 6) is 0.892. The first-order valence-corrected chi connectivity index (χ1v) is 8.63. The predicted molar refractivity (Wildman–Crippen MR) is 91.1 cm³/mol. The standard InChI is InChI=1S/C18H16N2O2S/c1-23-11-13-6-15-9-20(18(21)22)10-17(15)16(7-13)14-4-2-12(8-19)3-5-14/h2-7H,9-11H2,1H3,(H,21,22). The Hall–Kier alpha value is -2.45. The van der Waals surface area contributed by atoms with Crippen LogP contribution >= 0.6 is 11.8 Å². The Morgan fingerprint density at radius 3 is 2.65 bits per heavy atom. The van der Waals surface area contributed by atoms with Crippen molar-refractivity contribution in [2.45, 2.75) is 18.8 Å². The largest absolute Gasteiger partial charge is 0.465 e.